The molecule has 0 N–H and O–H groups in total. The fourth-order valence-electron chi connectivity index (χ4n) is 4.47. The molecule has 0 spiro atoms. The van der Waals surface area contributed by atoms with Crippen LogP contribution in [-0.2, 0) is 11.3 Å². The lowest BCUT2D eigenvalue weighted by Crippen LogP contribution is -2.28. The van der Waals surface area contributed by atoms with Gasteiger partial charge in [-0.15, -0.1) is 0 Å². The number of alkyl halides is 2. The summed E-state index contributed by atoms with van der Waals surface area (Å²) in [6.45, 7) is 0.909. The van der Waals surface area contributed by atoms with Gasteiger partial charge in [0, 0.05) is 24.7 Å². The van der Waals surface area contributed by atoms with Crippen LogP contribution in [0.25, 0.3) is 11.0 Å². The minimum atomic E-state index is -2.51. The van der Waals surface area contributed by atoms with Gasteiger partial charge in [0.2, 0.25) is 5.95 Å². The molecule has 9 heteroatoms. The number of hydrogen-bond donors (Lipinski definition) is 0. The van der Waals surface area contributed by atoms with Crippen LogP contribution in [0, 0.1) is 5.92 Å². The number of aromatic nitrogens is 2. The van der Waals surface area contributed by atoms with E-state index in [4.69, 9.17) is 37.7 Å². The summed E-state index contributed by atoms with van der Waals surface area (Å²) in [4.78, 5) is 6.94. The Kier molecular flexibility index (Phi) is 5.90. The molecule has 1 unspecified atom stereocenters. The first-order valence-corrected chi connectivity index (χ1v) is 11.4. The number of aryl methyl sites for hydroxylation is 1. The largest absolute Gasteiger partial charge is 0.497 e. The highest BCUT2D eigenvalue weighted by Gasteiger charge is 2.37. The summed E-state index contributed by atoms with van der Waals surface area (Å²) in [5.74, 6) is 1.65. The molecule has 5 nitrogen and oxygen atoms in total. The van der Waals surface area contributed by atoms with Crippen molar-refractivity contribution < 1.29 is 18.3 Å². The van der Waals surface area contributed by atoms with Crippen molar-refractivity contribution in [1.82, 2.24) is 9.55 Å². The quantitative estimate of drug-likeness (QED) is 0.379. The van der Waals surface area contributed by atoms with Gasteiger partial charge in [-0.05, 0) is 43.4 Å². The van der Waals surface area contributed by atoms with E-state index in [0.717, 1.165) is 55.1 Å². The molecule has 5 rings (SSSR count). The molecule has 1 aliphatic heterocycles. The van der Waals surface area contributed by atoms with Crippen LogP contribution in [0.3, 0.4) is 0 Å². The van der Waals surface area contributed by atoms with Crippen LogP contribution in [-0.4, -0.2) is 36.2 Å². The van der Waals surface area contributed by atoms with Crippen molar-refractivity contribution in [3.8, 4) is 5.75 Å². The zero-order valence-corrected chi connectivity index (χ0v) is 19.0. The van der Waals surface area contributed by atoms with E-state index in [1.807, 2.05) is 18.2 Å². The van der Waals surface area contributed by atoms with Gasteiger partial charge in [-0.3, -0.25) is 0 Å². The Bertz CT molecular complexity index is 1150. The molecule has 0 bridgehead atoms. The van der Waals surface area contributed by atoms with Crippen molar-refractivity contribution in [2.75, 3.05) is 25.2 Å². The number of ether oxygens (including phenoxy) is 2. The molecule has 3 aromatic rings. The molecule has 1 aliphatic carbocycles. The Morgan fingerprint density at radius 2 is 1.94 bits per heavy atom. The Morgan fingerprint density at radius 1 is 1.12 bits per heavy atom. The van der Waals surface area contributed by atoms with E-state index in [2.05, 4.69) is 9.47 Å². The number of anilines is 2. The summed E-state index contributed by atoms with van der Waals surface area (Å²) in [5.41, 5.74) is 3.21. The van der Waals surface area contributed by atoms with E-state index >= 15 is 0 Å². The molecule has 0 amide bonds. The summed E-state index contributed by atoms with van der Waals surface area (Å²) in [6, 6.07) is 9.23. The van der Waals surface area contributed by atoms with Crippen LogP contribution in [0.1, 0.15) is 30.9 Å². The summed E-state index contributed by atoms with van der Waals surface area (Å²) in [6.07, 6.45) is -0.103. The molecule has 1 atom stereocenters. The standard InChI is InChI=1S/C23H23Cl2F2N3O2/c1-31-14-5-8-18(17(25)11-14)29-9-2-10-30-21-15(6-7-16(24)20(21)28-23(29)30)22(13-3-4-13)32-12-19(26)27/h5-8,11,13,19,22H,2-4,9-10,12H2,1H3. The first-order valence-electron chi connectivity index (χ1n) is 10.7. The molecule has 2 aliphatic rings. The molecule has 0 saturated heterocycles. The zero-order chi connectivity index (χ0) is 22.4. The number of methoxy groups -OCH3 is 1. The third kappa shape index (κ3) is 3.91. The fraction of sp³-hybridized carbons (Fsp3) is 0.435. The molecule has 2 aromatic carbocycles. The highest BCUT2D eigenvalue weighted by Crippen LogP contribution is 2.47. The minimum Gasteiger partial charge on any atom is -0.497 e. The first kappa shape index (κ1) is 21.7. The normalized spacial score (nSPS) is 17.1. The predicted octanol–water partition coefficient (Wildman–Crippen LogP) is 6.63. The highest BCUT2D eigenvalue weighted by atomic mass is 35.5. The Labute approximate surface area is 194 Å². The average Bonchev–Trinajstić information content (AvgIpc) is 3.54. The summed E-state index contributed by atoms with van der Waals surface area (Å²) >= 11 is 13.1. The third-order valence-electron chi connectivity index (χ3n) is 6.07. The summed E-state index contributed by atoms with van der Waals surface area (Å²) in [5, 5.41) is 1.09. The van der Waals surface area contributed by atoms with Crippen LogP contribution in [0.4, 0.5) is 20.4 Å². The lowest BCUT2D eigenvalue weighted by molar-refractivity contribution is -0.0333. The second-order valence-electron chi connectivity index (χ2n) is 8.20. The van der Waals surface area contributed by atoms with E-state index < -0.39 is 19.1 Å². The molecule has 32 heavy (non-hydrogen) atoms. The first-order chi connectivity index (χ1) is 15.5. The lowest BCUT2D eigenvalue weighted by Gasteiger charge is -2.30. The SMILES string of the molecule is COc1ccc(N2CCCn3c2nc2c(Cl)ccc(C(OCC(F)F)C4CC4)c23)c(Cl)c1. The van der Waals surface area contributed by atoms with Crippen molar-refractivity contribution in [3.63, 3.8) is 0 Å². The molecule has 1 saturated carbocycles. The van der Waals surface area contributed by atoms with Crippen LogP contribution in [0.5, 0.6) is 5.75 Å². The number of hydrogen-bond acceptors (Lipinski definition) is 4. The van der Waals surface area contributed by atoms with E-state index in [-0.39, 0.29) is 5.92 Å². The summed E-state index contributed by atoms with van der Waals surface area (Å²) in [7, 11) is 1.60. The maximum atomic E-state index is 12.9. The zero-order valence-electron chi connectivity index (χ0n) is 17.5. The molecule has 1 aromatic heterocycles. The third-order valence-corrected chi connectivity index (χ3v) is 6.67. The van der Waals surface area contributed by atoms with Crippen molar-refractivity contribution in [3.05, 3.63) is 45.9 Å². The van der Waals surface area contributed by atoms with E-state index in [9.17, 15) is 8.78 Å². The van der Waals surface area contributed by atoms with E-state index in [1.165, 1.54) is 0 Å². The maximum absolute atomic E-state index is 12.9. The van der Waals surface area contributed by atoms with Gasteiger partial charge in [0.1, 0.15) is 17.9 Å². The number of halogens is 4. The Balaban J connectivity index is 1.62. The number of rotatable bonds is 7. The second kappa shape index (κ2) is 8.69. The van der Waals surface area contributed by atoms with Crippen LogP contribution < -0.4 is 9.64 Å². The van der Waals surface area contributed by atoms with Crippen LogP contribution in [0.15, 0.2) is 30.3 Å². The summed E-state index contributed by atoms with van der Waals surface area (Å²) < 4.78 is 38.9. The number of fused-ring (bicyclic) bond motifs is 3. The van der Waals surface area contributed by atoms with Crippen LogP contribution in [0.2, 0.25) is 10.0 Å². The van der Waals surface area contributed by atoms with Gasteiger partial charge in [0.05, 0.1) is 34.5 Å². The lowest BCUT2D eigenvalue weighted by atomic mass is 10.0. The van der Waals surface area contributed by atoms with Gasteiger partial charge < -0.3 is 18.9 Å². The Morgan fingerprint density at radius 3 is 2.62 bits per heavy atom. The minimum absolute atomic E-state index is 0.236. The van der Waals surface area contributed by atoms with Gasteiger partial charge >= 0.3 is 0 Å². The highest BCUT2D eigenvalue weighted by molar-refractivity contribution is 6.35. The van der Waals surface area contributed by atoms with Crippen LogP contribution >= 0.6 is 23.2 Å². The molecular formula is C23H23Cl2F2N3O2. The molecule has 0 radical (unpaired) electrons. The number of benzene rings is 2. The number of imidazole rings is 1. The van der Waals surface area contributed by atoms with Gasteiger partial charge in [0.15, 0.2) is 0 Å². The van der Waals surface area contributed by atoms with Gasteiger partial charge in [-0.1, -0.05) is 29.3 Å². The van der Waals surface area contributed by atoms with Crippen molar-refractivity contribution in [1.29, 1.82) is 0 Å². The molecular weight excluding hydrogens is 459 g/mol. The predicted molar refractivity (Wildman–Crippen MR) is 122 cm³/mol. The molecule has 1 fully saturated rings. The second-order valence-corrected chi connectivity index (χ2v) is 9.02. The van der Waals surface area contributed by atoms with Crippen molar-refractivity contribution >= 4 is 45.9 Å². The van der Waals surface area contributed by atoms with Crippen molar-refractivity contribution in [2.45, 2.75) is 38.3 Å². The molecule has 170 valence electrons. The van der Waals surface area contributed by atoms with E-state index in [1.54, 1.807) is 19.2 Å². The fourth-order valence-corrected chi connectivity index (χ4v) is 4.94. The van der Waals surface area contributed by atoms with Gasteiger partial charge in [0.25, 0.3) is 6.43 Å². The average molecular weight is 482 g/mol. The van der Waals surface area contributed by atoms with Gasteiger partial charge in [-0.2, -0.15) is 0 Å². The topological polar surface area (TPSA) is 39.5 Å². The van der Waals surface area contributed by atoms with E-state index in [0.29, 0.717) is 21.3 Å². The van der Waals surface area contributed by atoms with Crippen molar-refractivity contribution in [2.24, 2.45) is 5.92 Å². The number of nitrogens with zero attached hydrogens (tertiary/aromatic N) is 3. The monoisotopic (exact) mass is 481 g/mol. The van der Waals surface area contributed by atoms with Gasteiger partial charge in [-0.25, -0.2) is 13.8 Å². The maximum Gasteiger partial charge on any atom is 0.261 e. The smallest absolute Gasteiger partial charge is 0.261 e. The molecule has 2 heterocycles. The Hall–Kier alpha value is -2.09.